The lowest BCUT2D eigenvalue weighted by atomic mass is 10.0. The summed E-state index contributed by atoms with van der Waals surface area (Å²) in [5.41, 5.74) is 3.61. The molecule has 1 N–H and O–H groups in total. The predicted molar refractivity (Wildman–Crippen MR) is 92.6 cm³/mol. The molecule has 2 aliphatic rings. The van der Waals surface area contributed by atoms with Gasteiger partial charge in [0.2, 0.25) is 0 Å². The number of nitrogens with one attached hydrogen (secondary N) is 1. The summed E-state index contributed by atoms with van der Waals surface area (Å²) < 4.78 is 11.1. The topological polar surface area (TPSA) is 50.8 Å². The van der Waals surface area contributed by atoms with E-state index in [1.165, 1.54) is 0 Å². The Labute approximate surface area is 140 Å². The first-order chi connectivity index (χ1) is 11.7. The first-order valence-electron chi connectivity index (χ1n) is 7.81. The molecule has 4 rings (SSSR count). The van der Waals surface area contributed by atoms with Crippen LogP contribution in [-0.2, 0) is 0 Å². The van der Waals surface area contributed by atoms with E-state index in [1.54, 1.807) is 7.11 Å². The van der Waals surface area contributed by atoms with E-state index in [1.807, 2.05) is 49.5 Å². The molecule has 0 spiro atoms. The second-order valence-electron chi connectivity index (χ2n) is 5.92. The van der Waals surface area contributed by atoms with Gasteiger partial charge in [-0.1, -0.05) is 12.1 Å². The quantitative estimate of drug-likeness (QED) is 0.923. The van der Waals surface area contributed by atoms with Crippen LogP contribution in [0.15, 0.2) is 48.0 Å². The van der Waals surface area contributed by atoms with Crippen molar-refractivity contribution in [3.63, 3.8) is 0 Å². The maximum Gasteiger partial charge on any atom is 0.255 e. The van der Waals surface area contributed by atoms with Gasteiger partial charge in [0, 0.05) is 24.3 Å². The normalized spacial score (nSPS) is 18.8. The lowest BCUT2D eigenvalue weighted by Crippen LogP contribution is -2.53. The van der Waals surface area contributed by atoms with Crippen molar-refractivity contribution in [2.24, 2.45) is 0 Å². The average Bonchev–Trinajstić information content (AvgIpc) is 2.64. The number of rotatable bonds is 2. The third-order valence-electron chi connectivity index (χ3n) is 4.49. The highest BCUT2D eigenvalue weighted by Gasteiger charge is 2.31. The molecule has 0 bridgehead atoms. The Kier molecular flexibility index (Phi) is 3.41. The number of anilines is 1. The van der Waals surface area contributed by atoms with Crippen LogP contribution in [0.3, 0.4) is 0 Å². The van der Waals surface area contributed by atoms with Gasteiger partial charge < -0.3 is 19.7 Å². The van der Waals surface area contributed by atoms with Crippen molar-refractivity contribution in [3.8, 4) is 11.5 Å². The fourth-order valence-corrected chi connectivity index (χ4v) is 3.20. The Morgan fingerprint density at radius 1 is 1.25 bits per heavy atom. The van der Waals surface area contributed by atoms with E-state index < -0.39 is 0 Å². The third kappa shape index (κ3) is 2.29. The largest absolute Gasteiger partial charge is 0.497 e. The molecule has 0 aromatic heterocycles. The van der Waals surface area contributed by atoms with Crippen LogP contribution in [0.4, 0.5) is 5.69 Å². The monoisotopic (exact) mass is 322 g/mol. The second kappa shape index (κ2) is 5.60. The highest BCUT2D eigenvalue weighted by molar-refractivity contribution is 6.02. The molecule has 1 amide bonds. The van der Waals surface area contributed by atoms with E-state index in [0.717, 1.165) is 28.3 Å². The Morgan fingerprint density at radius 3 is 2.92 bits per heavy atom. The smallest absolute Gasteiger partial charge is 0.255 e. The lowest BCUT2D eigenvalue weighted by Gasteiger charge is -2.38. The first kappa shape index (κ1) is 14.6. The van der Waals surface area contributed by atoms with Gasteiger partial charge in [-0.2, -0.15) is 0 Å². The first-order valence-corrected chi connectivity index (χ1v) is 7.81. The number of nitrogens with zero attached hydrogens (tertiary/aromatic N) is 1. The van der Waals surface area contributed by atoms with Gasteiger partial charge in [-0.05, 0) is 30.3 Å². The van der Waals surface area contributed by atoms with E-state index in [2.05, 4.69) is 16.3 Å². The Bertz CT molecular complexity index is 844. The Balaban J connectivity index is 1.69. The molecular weight excluding hydrogens is 304 g/mol. The van der Waals surface area contributed by atoms with Crippen molar-refractivity contribution in [2.75, 3.05) is 25.7 Å². The van der Waals surface area contributed by atoms with Crippen molar-refractivity contribution in [3.05, 3.63) is 59.2 Å². The number of para-hydroxylation sites is 1. The van der Waals surface area contributed by atoms with Crippen LogP contribution in [-0.4, -0.2) is 32.8 Å². The van der Waals surface area contributed by atoms with Gasteiger partial charge >= 0.3 is 0 Å². The standard InChI is InChI=1S/C19H18N2O3/c1-21-16-6-4-3-5-15(16)19(22)20-18(21)13-9-12-7-8-14(23-2)10-17(12)24-11-13/h3-10,18H,11H2,1-2H3,(H,20,22)/t18-/m0/s1. The number of likely N-dealkylation sites (N-methyl/N-ethyl adjacent to an activating group) is 1. The minimum atomic E-state index is -0.220. The molecule has 2 heterocycles. The molecule has 24 heavy (non-hydrogen) atoms. The zero-order valence-electron chi connectivity index (χ0n) is 13.6. The molecule has 5 heteroatoms. The van der Waals surface area contributed by atoms with Crippen LogP contribution in [0, 0.1) is 0 Å². The zero-order valence-corrected chi connectivity index (χ0v) is 13.6. The molecule has 0 fully saturated rings. The van der Waals surface area contributed by atoms with Gasteiger partial charge in [0.15, 0.2) is 0 Å². The molecule has 5 nitrogen and oxygen atoms in total. The Morgan fingerprint density at radius 2 is 2.08 bits per heavy atom. The van der Waals surface area contributed by atoms with Gasteiger partial charge in [0.05, 0.1) is 18.4 Å². The fourth-order valence-electron chi connectivity index (χ4n) is 3.20. The summed E-state index contributed by atoms with van der Waals surface area (Å²) in [7, 11) is 3.61. The molecule has 0 aliphatic carbocycles. The number of carbonyl (C=O) groups excluding carboxylic acids is 1. The van der Waals surface area contributed by atoms with Crippen LogP contribution >= 0.6 is 0 Å². The molecule has 2 aromatic carbocycles. The summed E-state index contributed by atoms with van der Waals surface area (Å²) in [4.78, 5) is 14.5. The maximum absolute atomic E-state index is 12.4. The highest BCUT2D eigenvalue weighted by Crippen LogP contribution is 2.34. The van der Waals surface area contributed by atoms with Crippen LogP contribution < -0.4 is 19.7 Å². The van der Waals surface area contributed by atoms with Crippen LogP contribution in [0.2, 0.25) is 0 Å². The van der Waals surface area contributed by atoms with E-state index >= 15 is 0 Å². The number of carbonyl (C=O) groups is 1. The minimum absolute atomic E-state index is 0.0601. The molecule has 0 saturated heterocycles. The number of methoxy groups -OCH3 is 1. The van der Waals surface area contributed by atoms with Gasteiger partial charge in [-0.15, -0.1) is 0 Å². The molecule has 122 valence electrons. The summed E-state index contributed by atoms with van der Waals surface area (Å²) in [5.74, 6) is 1.50. The molecular formula is C19H18N2O3. The van der Waals surface area contributed by atoms with Crippen LogP contribution in [0.1, 0.15) is 15.9 Å². The number of benzene rings is 2. The summed E-state index contributed by atoms with van der Waals surface area (Å²) in [6.45, 7) is 0.428. The van der Waals surface area contributed by atoms with E-state index in [9.17, 15) is 4.79 Å². The average molecular weight is 322 g/mol. The lowest BCUT2D eigenvalue weighted by molar-refractivity contribution is 0.0933. The van der Waals surface area contributed by atoms with E-state index in [0.29, 0.717) is 12.2 Å². The van der Waals surface area contributed by atoms with E-state index in [-0.39, 0.29) is 12.1 Å². The van der Waals surface area contributed by atoms with Gasteiger partial charge in [0.1, 0.15) is 24.3 Å². The SMILES string of the molecule is COc1ccc2c(c1)OCC([C@H]1NC(=O)c3ccccc3N1C)=C2. The predicted octanol–water partition coefficient (Wildman–Crippen LogP) is 2.68. The van der Waals surface area contributed by atoms with Crippen molar-refractivity contribution in [2.45, 2.75) is 6.17 Å². The number of ether oxygens (including phenoxy) is 2. The van der Waals surface area contributed by atoms with E-state index in [4.69, 9.17) is 9.47 Å². The molecule has 2 aromatic rings. The van der Waals surface area contributed by atoms with Crippen LogP contribution in [0.25, 0.3) is 6.08 Å². The van der Waals surface area contributed by atoms with Gasteiger partial charge in [0.25, 0.3) is 5.91 Å². The van der Waals surface area contributed by atoms with Gasteiger partial charge in [-0.3, -0.25) is 4.79 Å². The zero-order chi connectivity index (χ0) is 16.7. The van der Waals surface area contributed by atoms with Crippen molar-refractivity contribution < 1.29 is 14.3 Å². The number of amides is 1. The number of fused-ring (bicyclic) bond motifs is 2. The van der Waals surface area contributed by atoms with Gasteiger partial charge in [-0.25, -0.2) is 0 Å². The molecule has 1 atom stereocenters. The summed E-state index contributed by atoms with van der Waals surface area (Å²) in [6.07, 6.45) is 1.86. The molecule has 2 aliphatic heterocycles. The number of hydrogen-bond acceptors (Lipinski definition) is 4. The molecule has 0 radical (unpaired) electrons. The summed E-state index contributed by atoms with van der Waals surface area (Å²) in [5, 5.41) is 3.06. The summed E-state index contributed by atoms with van der Waals surface area (Å²) >= 11 is 0. The number of hydrogen-bond donors (Lipinski definition) is 1. The van der Waals surface area contributed by atoms with Crippen molar-refractivity contribution >= 4 is 17.7 Å². The van der Waals surface area contributed by atoms with Crippen molar-refractivity contribution in [1.82, 2.24) is 5.32 Å². The maximum atomic E-state index is 12.4. The minimum Gasteiger partial charge on any atom is -0.497 e. The van der Waals surface area contributed by atoms with Crippen LogP contribution in [0.5, 0.6) is 11.5 Å². The van der Waals surface area contributed by atoms with Crippen molar-refractivity contribution in [1.29, 1.82) is 0 Å². The molecule has 0 saturated carbocycles. The highest BCUT2D eigenvalue weighted by atomic mass is 16.5. The summed E-state index contributed by atoms with van der Waals surface area (Å²) in [6, 6.07) is 13.4. The molecule has 0 unspecified atom stereocenters. The third-order valence-corrected chi connectivity index (χ3v) is 4.49. The second-order valence-corrected chi connectivity index (χ2v) is 5.92. The Hall–Kier alpha value is -2.95. The fraction of sp³-hybridized carbons (Fsp3) is 0.211.